The maximum absolute atomic E-state index is 10.1. The Kier molecular flexibility index (Phi) is 55.1. The van der Waals surface area contributed by atoms with Gasteiger partial charge in [-0.3, -0.25) is 0 Å². The van der Waals surface area contributed by atoms with Crippen molar-refractivity contribution in [3.8, 4) is 0 Å². The van der Waals surface area contributed by atoms with Gasteiger partial charge in [0.2, 0.25) is 0 Å². The van der Waals surface area contributed by atoms with Crippen molar-refractivity contribution in [1.82, 2.24) is 0 Å². The van der Waals surface area contributed by atoms with E-state index in [1.165, 1.54) is 0 Å². The van der Waals surface area contributed by atoms with Gasteiger partial charge in [-0.05, 0) is 0 Å². The predicted molar refractivity (Wildman–Crippen MR) is 52.3 cm³/mol. The molecule has 0 saturated heterocycles. The number of halogens is 6. The first-order valence-electron chi connectivity index (χ1n) is 4.30. The van der Waals surface area contributed by atoms with Gasteiger partial charge in [-0.25, -0.2) is 25.2 Å². The topological polar surface area (TPSA) is 379 Å². The second-order valence-electron chi connectivity index (χ2n) is 2.58. The maximum Gasteiger partial charge on any atom is 3.00 e. The average Bonchev–Trinajstić information content (AvgIpc) is 1.94. The maximum atomic E-state index is 10.1. The minimum Gasteiger partial charge on any atom is -0.786 e. The van der Waals surface area contributed by atoms with E-state index in [-0.39, 0.29) is 68.3 Å². The molecule has 0 spiro atoms. The molecule has 0 bridgehead atoms. The molecule has 0 atom stereocenters. The quantitative estimate of drug-likeness (QED) is 0.125. The van der Waals surface area contributed by atoms with Gasteiger partial charge in [-0.1, -0.05) is 0 Å². The van der Waals surface area contributed by atoms with Crippen LogP contribution in [0.4, 0.5) is 25.2 Å². The first-order valence-corrected chi connectivity index (χ1v) is 12.9. The van der Waals surface area contributed by atoms with E-state index < -0.39 is 47.4 Å². The Morgan fingerprint density at radius 2 is 0.265 bits per heavy atom. The Bertz CT molecular complexity index is 491. The molecule has 4 radical (unpaired) electrons. The third kappa shape index (κ3) is 5950. The van der Waals surface area contributed by atoms with Crippen LogP contribution in [0.2, 0.25) is 0 Å². The van der Waals surface area contributed by atoms with E-state index in [0.29, 0.717) is 0 Å². The van der Waals surface area contributed by atoms with Crippen molar-refractivity contribution >= 4 is 47.4 Å². The van der Waals surface area contributed by atoms with E-state index in [9.17, 15) is 25.2 Å². The van der Waals surface area contributed by atoms with Crippen molar-refractivity contribution < 1.29 is 180 Å². The third-order valence-corrected chi connectivity index (χ3v) is 0. The molecule has 0 fully saturated rings. The summed E-state index contributed by atoms with van der Waals surface area (Å²) in [4.78, 5) is 101. The molecule has 0 aliphatic rings. The largest absolute Gasteiger partial charge is 3.00 e. The molecule has 0 unspecified atom stereocenters. The molecular weight excluding hydrogens is 811 g/mol. The van der Waals surface area contributed by atoms with Gasteiger partial charge in [-0.15, -0.1) is 0 Å². The minimum atomic E-state index is -5.64. The van der Waals surface area contributed by atoms with Crippen molar-refractivity contribution in [2.45, 2.75) is 0 Å². The molecule has 34 heteroatoms. The zero-order valence-corrected chi connectivity index (χ0v) is 23.5. The van der Waals surface area contributed by atoms with Crippen LogP contribution in [-0.4, -0.2) is 0 Å². The molecule has 0 rings (SSSR count). The molecule has 0 aromatic heterocycles. The Balaban J connectivity index is -0.0000000248. The van der Waals surface area contributed by atoms with Crippen LogP contribution in [0.25, 0.3) is 0 Å². The van der Waals surface area contributed by atoms with Crippen LogP contribution in [0.5, 0.6) is 0 Å². The minimum absolute atomic E-state index is 0. The molecule has 0 aromatic rings. The van der Waals surface area contributed by atoms with Gasteiger partial charge in [0.05, 0.1) is 0 Å². The van der Waals surface area contributed by atoms with Gasteiger partial charge in [0, 0.05) is 0 Å². The fourth-order valence-electron chi connectivity index (χ4n) is 0. The summed E-state index contributed by atoms with van der Waals surface area (Å²) >= 11 is 0. The van der Waals surface area contributed by atoms with Gasteiger partial charge < -0.3 is 86.1 Å². The molecule has 0 N–H and O–H groups in total. The molecule has 212 valence electrons. The summed E-state index contributed by atoms with van der Waals surface area (Å²) in [6.07, 6.45) is 0. The van der Waals surface area contributed by atoms with Crippen LogP contribution in [0.1, 0.15) is 0 Å². The van der Waals surface area contributed by atoms with Gasteiger partial charge in [0.15, 0.2) is 0 Å². The van der Waals surface area contributed by atoms with E-state index in [1.54, 1.807) is 0 Å². The van der Waals surface area contributed by atoms with Crippen molar-refractivity contribution in [2.75, 3.05) is 0 Å². The van der Waals surface area contributed by atoms with Crippen LogP contribution in [0.15, 0.2) is 0 Å². The van der Waals surface area contributed by atoms with Crippen molar-refractivity contribution in [3.63, 3.8) is 0 Å². The normalized spacial score (nSPS) is 10.4. The molecule has 0 aromatic carbocycles. The van der Waals surface area contributed by atoms with Crippen molar-refractivity contribution in [1.29, 1.82) is 0 Å². The molecule has 18 nitrogen and oxygen atoms in total. The van der Waals surface area contributed by atoms with Crippen LogP contribution in [-0.2, 0) is 95.7 Å². The standard InChI is InChI=1S/6FH2O3P.4Fe/c6*1-5(2,3)4;;;;/h6*(H2,2,3,4);;;;/q;;;;;;4*+3/p-12. The molecule has 34 heavy (non-hydrogen) atoms. The van der Waals surface area contributed by atoms with Gasteiger partial charge in [0.1, 0.15) is 47.4 Å². The molecule has 0 aliphatic carbocycles. The zero-order valence-electron chi connectivity index (χ0n) is 13.7. The Morgan fingerprint density at radius 1 is 0.265 bits per heavy atom. The first-order chi connectivity index (χ1) is 12.0. The summed E-state index contributed by atoms with van der Waals surface area (Å²) in [7, 11) is -33.8. The van der Waals surface area contributed by atoms with E-state index >= 15 is 0 Å². The fraction of sp³-hybridized carbons (Fsp3) is 0. The zero-order chi connectivity index (χ0) is 27.0. The van der Waals surface area contributed by atoms with Crippen molar-refractivity contribution in [3.05, 3.63) is 0 Å². The van der Waals surface area contributed by atoms with Gasteiger partial charge >= 0.3 is 68.3 Å². The molecule has 0 saturated carbocycles. The summed E-state index contributed by atoms with van der Waals surface area (Å²) in [5, 5.41) is 0. The van der Waals surface area contributed by atoms with Crippen LogP contribution >= 0.6 is 47.4 Å². The first kappa shape index (κ1) is 65.5. The smallest absolute Gasteiger partial charge is 0.786 e. The van der Waals surface area contributed by atoms with Crippen LogP contribution < -0.4 is 58.7 Å². The summed E-state index contributed by atoms with van der Waals surface area (Å²) in [5.74, 6) is 0. The average molecular weight is 811 g/mol. The van der Waals surface area contributed by atoms with E-state index in [0.717, 1.165) is 0 Å². The number of rotatable bonds is 0. The number of hydrogen-bond acceptors (Lipinski definition) is 18. The SMILES string of the molecule is O=P([O-])([O-])F.O=P([O-])([O-])F.O=P([O-])([O-])F.O=P([O-])([O-])F.O=P([O-])([O-])F.O=P([O-])([O-])F.[Fe+3].[Fe+3].[Fe+3].[Fe+3]. The molecule has 0 aliphatic heterocycles. The Morgan fingerprint density at radius 3 is 0.265 bits per heavy atom. The second kappa shape index (κ2) is 28.6. The third-order valence-electron chi connectivity index (χ3n) is 0. The van der Waals surface area contributed by atoms with Gasteiger partial charge in [0.25, 0.3) is 0 Å². The molecule has 0 heterocycles. The predicted octanol–water partition coefficient (Wildman–Crippen LogP) is -7.30. The van der Waals surface area contributed by atoms with E-state index in [2.05, 4.69) is 0 Å². The second-order valence-corrected chi connectivity index (χ2v) is 7.75. The Hall–Kier alpha value is 2.56. The summed E-state index contributed by atoms with van der Waals surface area (Å²) in [6, 6.07) is 0. The van der Waals surface area contributed by atoms with Crippen LogP contribution in [0.3, 0.4) is 0 Å². The van der Waals surface area contributed by atoms with E-state index in [4.69, 9.17) is 86.1 Å². The summed E-state index contributed by atoms with van der Waals surface area (Å²) in [5.41, 5.74) is 0. The van der Waals surface area contributed by atoms with Gasteiger partial charge in [-0.2, -0.15) is 0 Å². The van der Waals surface area contributed by atoms with Crippen molar-refractivity contribution in [2.24, 2.45) is 0 Å². The monoisotopic (exact) mass is 811 g/mol. The summed E-state index contributed by atoms with van der Waals surface area (Å²) in [6.45, 7) is 0. The molecule has 0 amide bonds. The fourth-order valence-corrected chi connectivity index (χ4v) is 0. The van der Waals surface area contributed by atoms with Crippen LogP contribution in [0, 0.1) is 0 Å². The van der Waals surface area contributed by atoms with E-state index in [1.807, 2.05) is 0 Å². The molecular formula is F6Fe4O18P6. The Labute approximate surface area is 226 Å². The number of hydrogen-bond donors (Lipinski definition) is 0. The summed E-state index contributed by atoms with van der Waals surface area (Å²) < 4.78 is 111.